The molecule has 0 aliphatic rings. The zero-order valence-electron chi connectivity index (χ0n) is 14.3. The van der Waals surface area contributed by atoms with Crippen molar-refractivity contribution in [2.75, 3.05) is 7.11 Å². The Hall–Kier alpha value is -2.36. The van der Waals surface area contributed by atoms with Crippen molar-refractivity contribution in [2.45, 2.75) is 0 Å². The number of hydrogen-bond acceptors (Lipinski definition) is 6. The number of hydrogen-bond donors (Lipinski definition) is 1. The van der Waals surface area contributed by atoms with Crippen LogP contribution in [-0.2, 0) is 14.1 Å². The molecule has 0 radical (unpaired) electrons. The number of aromatic amines is 1. The molecule has 0 amide bonds. The summed E-state index contributed by atoms with van der Waals surface area (Å²) in [7, 11) is 4.53. The van der Waals surface area contributed by atoms with E-state index in [-0.39, 0.29) is 46.4 Å². The number of aryl methyl sites for hydroxylation is 1. The third kappa shape index (κ3) is 4.38. The zero-order chi connectivity index (χ0) is 17.9. The van der Waals surface area contributed by atoms with Gasteiger partial charge in [-0.2, -0.15) is 0 Å². The number of aromatic nitrogens is 4. The summed E-state index contributed by atoms with van der Waals surface area (Å²) in [6.45, 7) is 0. The molecule has 10 heteroatoms. The first kappa shape index (κ1) is 20.7. The molecule has 9 nitrogen and oxygen atoms in total. The summed E-state index contributed by atoms with van der Waals surface area (Å²) in [5.41, 5.74) is 0.170. The monoisotopic (exact) mass is 354 g/mol. The second kappa shape index (κ2) is 8.65. The van der Waals surface area contributed by atoms with Crippen LogP contribution >= 0.6 is 0 Å². The van der Waals surface area contributed by atoms with E-state index in [2.05, 4.69) is 9.97 Å². The Morgan fingerprint density at radius 3 is 2.28 bits per heavy atom. The van der Waals surface area contributed by atoms with Crippen molar-refractivity contribution in [2.24, 2.45) is 14.1 Å². The van der Waals surface area contributed by atoms with E-state index in [1.165, 1.54) is 37.2 Å². The number of ether oxygens (including phenoxy) is 1. The van der Waals surface area contributed by atoms with Crippen molar-refractivity contribution in [1.82, 2.24) is 19.1 Å². The first-order valence-electron chi connectivity index (χ1n) is 6.81. The summed E-state index contributed by atoms with van der Waals surface area (Å²) in [4.78, 5) is 39.6. The SMILES string of the molecule is COc1ccc(C(=O)[O-])cc1.Cn1c(=O)c2[nH]cnc2n(C)c1=O.[Na+]. The number of aromatic carboxylic acids is 1. The summed E-state index contributed by atoms with van der Waals surface area (Å²) in [6.07, 6.45) is 1.39. The van der Waals surface area contributed by atoms with Crippen LogP contribution in [0.15, 0.2) is 40.2 Å². The molecule has 0 atom stereocenters. The van der Waals surface area contributed by atoms with Crippen molar-refractivity contribution >= 4 is 17.1 Å². The predicted octanol–water partition coefficient (Wildman–Crippen LogP) is -3.98. The predicted molar refractivity (Wildman–Crippen MR) is 83.9 cm³/mol. The third-order valence-corrected chi connectivity index (χ3v) is 3.36. The molecule has 1 N–H and O–H groups in total. The standard InChI is InChI=1S/C8H8O3.C7H8N4O2.Na/c1-11-7-4-2-6(3-5-7)8(9)10;1-10-5-4(8-3-9-5)6(12)11(2)7(10)13;/h2-5H,1H3,(H,9,10);3H,1-2H3,(H,8,9);/q;;+1/p-1. The Labute approximate surface area is 164 Å². The number of methoxy groups -OCH3 is 1. The fraction of sp³-hybridized carbons (Fsp3) is 0.200. The Morgan fingerprint density at radius 2 is 1.76 bits per heavy atom. The Kier molecular flexibility index (Phi) is 7.16. The molecular formula is C15H15N4NaO5. The van der Waals surface area contributed by atoms with Crippen LogP contribution in [0.25, 0.3) is 11.2 Å². The van der Waals surface area contributed by atoms with Gasteiger partial charge in [-0.05, 0) is 29.8 Å². The minimum absolute atomic E-state index is 0. The van der Waals surface area contributed by atoms with Crippen LogP contribution in [0, 0.1) is 0 Å². The van der Waals surface area contributed by atoms with Gasteiger partial charge in [0.05, 0.1) is 19.4 Å². The van der Waals surface area contributed by atoms with E-state index in [1.54, 1.807) is 19.2 Å². The maximum absolute atomic E-state index is 11.4. The molecule has 0 saturated heterocycles. The molecule has 0 spiro atoms. The van der Waals surface area contributed by atoms with Crippen molar-refractivity contribution in [1.29, 1.82) is 0 Å². The number of carbonyl (C=O) groups is 1. The van der Waals surface area contributed by atoms with Gasteiger partial charge in [-0.15, -0.1) is 0 Å². The largest absolute Gasteiger partial charge is 1.00 e. The minimum Gasteiger partial charge on any atom is -0.545 e. The molecule has 1 aromatic carbocycles. The minimum atomic E-state index is -1.17. The smallest absolute Gasteiger partial charge is 0.545 e. The first-order valence-corrected chi connectivity index (χ1v) is 6.81. The molecule has 0 aliphatic carbocycles. The normalized spacial score (nSPS) is 9.72. The number of rotatable bonds is 2. The molecule has 25 heavy (non-hydrogen) atoms. The van der Waals surface area contributed by atoms with Gasteiger partial charge in [0.1, 0.15) is 11.3 Å². The van der Waals surface area contributed by atoms with Crippen LogP contribution < -0.4 is 50.6 Å². The Balaban J connectivity index is 0.000000244. The molecule has 3 rings (SSSR count). The van der Waals surface area contributed by atoms with Gasteiger partial charge >= 0.3 is 35.2 Å². The molecule has 0 bridgehead atoms. The molecule has 2 heterocycles. The van der Waals surface area contributed by atoms with E-state index < -0.39 is 5.97 Å². The van der Waals surface area contributed by atoms with Gasteiger partial charge in [0.2, 0.25) is 0 Å². The van der Waals surface area contributed by atoms with Gasteiger partial charge in [-0.25, -0.2) is 9.78 Å². The summed E-state index contributed by atoms with van der Waals surface area (Å²) >= 11 is 0. The maximum atomic E-state index is 11.4. The Morgan fingerprint density at radius 1 is 1.16 bits per heavy atom. The van der Waals surface area contributed by atoms with Crippen LogP contribution in [0.1, 0.15) is 10.4 Å². The Bertz CT molecular complexity index is 988. The van der Waals surface area contributed by atoms with Crippen LogP contribution in [0.2, 0.25) is 0 Å². The number of carbonyl (C=O) groups excluding carboxylic acids is 1. The van der Waals surface area contributed by atoms with Crippen LogP contribution in [0.4, 0.5) is 0 Å². The van der Waals surface area contributed by atoms with E-state index >= 15 is 0 Å². The molecule has 126 valence electrons. The molecule has 2 aromatic heterocycles. The zero-order valence-corrected chi connectivity index (χ0v) is 16.3. The second-order valence-electron chi connectivity index (χ2n) is 4.82. The molecular weight excluding hydrogens is 339 g/mol. The molecule has 0 fully saturated rings. The summed E-state index contributed by atoms with van der Waals surface area (Å²) in [5.74, 6) is -0.539. The van der Waals surface area contributed by atoms with Crippen LogP contribution in [0.3, 0.4) is 0 Å². The maximum Gasteiger partial charge on any atom is 1.00 e. The average molecular weight is 354 g/mol. The van der Waals surface area contributed by atoms with E-state index in [4.69, 9.17) is 4.74 Å². The molecule has 0 aliphatic heterocycles. The number of carboxylic acids is 1. The van der Waals surface area contributed by atoms with Gasteiger partial charge in [-0.3, -0.25) is 13.9 Å². The van der Waals surface area contributed by atoms with Gasteiger partial charge in [0.25, 0.3) is 5.56 Å². The van der Waals surface area contributed by atoms with Crippen molar-refractivity contribution in [3.05, 3.63) is 57.0 Å². The fourth-order valence-corrected chi connectivity index (χ4v) is 2.00. The third-order valence-electron chi connectivity index (χ3n) is 3.36. The first-order chi connectivity index (χ1) is 11.4. The number of nitrogens with one attached hydrogen (secondary N) is 1. The van der Waals surface area contributed by atoms with Gasteiger partial charge in [0, 0.05) is 14.1 Å². The van der Waals surface area contributed by atoms with E-state index in [9.17, 15) is 19.5 Å². The van der Waals surface area contributed by atoms with E-state index in [1.807, 2.05) is 0 Å². The average Bonchev–Trinajstić information content (AvgIpc) is 3.08. The summed E-state index contributed by atoms with van der Waals surface area (Å²) < 4.78 is 7.20. The van der Waals surface area contributed by atoms with Crippen LogP contribution in [0.5, 0.6) is 5.75 Å². The number of benzene rings is 1. The van der Waals surface area contributed by atoms with Gasteiger partial charge in [-0.1, -0.05) is 0 Å². The van der Waals surface area contributed by atoms with E-state index in [0.29, 0.717) is 16.9 Å². The molecule has 0 saturated carbocycles. The van der Waals surface area contributed by atoms with E-state index in [0.717, 1.165) is 4.57 Å². The van der Waals surface area contributed by atoms with Crippen molar-refractivity contribution in [3.8, 4) is 5.75 Å². The number of imidazole rings is 1. The number of H-pyrrole nitrogens is 1. The van der Waals surface area contributed by atoms with Gasteiger partial charge in [0.15, 0.2) is 5.65 Å². The fourth-order valence-electron chi connectivity index (χ4n) is 2.00. The van der Waals surface area contributed by atoms with Crippen molar-refractivity contribution < 1.29 is 44.2 Å². The molecule has 3 aromatic rings. The molecule has 0 unspecified atom stereocenters. The number of carboxylic acid groups (broad SMARTS) is 1. The number of nitrogens with zero attached hydrogens (tertiary/aromatic N) is 3. The topological polar surface area (TPSA) is 122 Å². The van der Waals surface area contributed by atoms with Crippen molar-refractivity contribution in [3.63, 3.8) is 0 Å². The number of fused-ring (bicyclic) bond motifs is 1. The van der Waals surface area contributed by atoms with Gasteiger partial charge < -0.3 is 19.6 Å². The summed E-state index contributed by atoms with van der Waals surface area (Å²) in [5, 5.41) is 10.2. The quantitative estimate of drug-likeness (QED) is 0.469. The van der Waals surface area contributed by atoms with Crippen LogP contribution in [-0.4, -0.2) is 32.2 Å². The summed E-state index contributed by atoms with van der Waals surface area (Å²) in [6, 6.07) is 6.03. The second-order valence-corrected chi connectivity index (χ2v) is 4.82.